The number of ether oxygens (including phenoxy) is 1. The summed E-state index contributed by atoms with van der Waals surface area (Å²) in [6, 6.07) is 12.6. The fraction of sp³-hybridized carbons (Fsp3) is 0.222. The number of nitrogens with zero attached hydrogens (tertiary/aromatic N) is 1. The van der Waals surface area contributed by atoms with Crippen LogP contribution in [0.1, 0.15) is 10.6 Å². The molecular formula is C18H15NO4. The average Bonchev–Trinajstić information content (AvgIpc) is 2.61. The lowest BCUT2D eigenvalue weighted by molar-refractivity contribution is 0.0283. The third-order valence-electron chi connectivity index (χ3n) is 4.13. The number of hydrogen-bond donors (Lipinski definition) is 0. The highest BCUT2D eigenvalue weighted by atomic mass is 16.5. The molecule has 1 aliphatic rings. The Morgan fingerprint density at radius 2 is 1.78 bits per heavy atom. The fourth-order valence-corrected chi connectivity index (χ4v) is 2.91. The van der Waals surface area contributed by atoms with Crippen LogP contribution < -0.4 is 5.43 Å². The highest BCUT2D eigenvalue weighted by molar-refractivity contribution is 6.05. The van der Waals surface area contributed by atoms with Crippen molar-refractivity contribution in [1.82, 2.24) is 4.90 Å². The average molecular weight is 309 g/mol. The largest absolute Gasteiger partial charge is 0.450 e. The monoisotopic (exact) mass is 309 g/mol. The highest BCUT2D eigenvalue weighted by Crippen LogP contribution is 2.24. The Hall–Kier alpha value is -2.66. The number of carbonyl (C=O) groups excluding carboxylic acids is 1. The Morgan fingerprint density at radius 3 is 2.61 bits per heavy atom. The van der Waals surface area contributed by atoms with Gasteiger partial charge >= 0.3 is 0 Å². The van der Waals surface area contributed by atoms with Gasteiger partial charge in [-0.15, -0.1) is 0 Å². The van der Waals surface area contributed by atoms with Crippen molar-refractivity contribution in [2.75, 3.05) is 26.3 Å². The van der Waals surface area contributed by atoms with Crippen molar-refractivity contribution in [2.45, 2.75) is 0 Å². The van der Waals surface area contributed by atoms with Crippen LogP contribution in [0.3, 0.4) is 0 Å². The van der Waals surface area contributed by atoms with Gasteiger partial charge in [0.25, 0.3) is 5.91 Å². The second-order valence-corrected chi connectivity index (χ2v) is 5.54. The first kappa shape index (κ1) is 14.0. The molecule has 0 radical (unpaired) electrons. The highest BCUT2D eigenvalue weighted by Gasteiger charge is 2.22. The van der Waals surface area contributed by atoms with Gasteiger partial charge in [-0.05, 0) is 11.5 Å². The summed E-state index contributed by atoms with van der Waals surface area (Å²) in [4.78, 5) is 26.6. The number of carbonyl (C=O) groups is 1. The Kier molecular flexibility index (Phi) is 3.35. The number of hydrogen-bond acceptors (Lipinski definition) is 4. The number of rotatable bonds is 1. The molecule has 0 unspecified atom stereocenters. The number of amides is 1. The molecule has 1 saturated heterocycles. The molecule has 1 aliphatic heterocycles. The Balaban J connectivity index is 1.89. The smallest absolute Gasteiger partial charge is 0.289 e. The van der Waals surface area contributed by atoms with E-state index in [1.807, 2.05) is 30.3 Å². The summed E-state index contributed by atoms with van der Waals surface area (Å²) in [5.41, 5.74) is 0.265. The molecule has 0 saturated carbocycles. The summed E-state index contributed by atoms with van der Waals surface area (Å²) in [6.45, 7) is 2.03. The number of fused-ring (bicyclic) bond motifs is 3. The van der Waals surface area contributed by atoms with Crippen molar-refractivity contribution in [2.24, 2.45) is 0 Å². The number of benzene rings is 2. The van der Waals surface area contributed by atoms with Crippen LogP contribution in [0.25, 0.3) is 21.7 Å². The summed E-state index contributed by atoms with van der Waals surface area (Å²) >= 11 is 0. The first-order chi connectivity index (χ1) is 11.2. The Bertz CT molecular complexity index is 954. The van der Waals surface area contributed by atoms with E-state index < -0.39 is 0 Å². The van der Waals surface area contributed by atoms with E-state index in [1.54, 1.807) is 11.0 Å². The fourth-order valence-electron chi connectivity index (χ4n) is 2.91. The van der Waals surface area contributed by atoms with Crippen molar-refractivity contribution in [3.05, 3.63) is 58.4 Å². The molecule has 0 spiro atoms. The summed E-state index contributed by atoms with van der Waals surface area (Å²) < 4.78 is 11.1. The van der Waals surface area contributed by atoms with Gasteiger partial charge in [-0.3, -0.25) is 9.59 Å². The lowest BCUT2D eigenvalue weighted by Gasteiger charge is -2.26. The van der Waals surface area contributed by atoms with E-state index in [0.29, 0.717) is 37.3 Å². The van der Waals surface area contributed by atoms with Gasteiger partial charge in [0.15, 0.2) is 11.2 Å². The molecule has 0 bridgehead atoms. The standard InChI is InChI=1S/C18H15NO4/c20-15-11-16(18(21)19-7-9-22-10-8-19)23-17-13-4-2-1-3-12(13)5-6-14(15)17/h1-6,11H,7-10H2. The predicted octanol–water partition coefficient (Wildman–Crippen LogP) is 2.42. The van der Waals surface area contributed by atoms with Crippen LogP contribution in [0.5, 0.6) is 0 Å². The minimum atomic E-state index is -0.264. The zero-order valence-corrected chi connectivity index (χ0v) is 12.5. The van der Waals surface area contributed by atoms with E-state index in [9.17, 15) is 9.59 Å². The van der Waals surface area contributed by atoms with Crippen molar-refractivity contribution in [3.8, 4) is 0 Å². The molecule has 23 heavy (non-hydrogen) atoms. The number of morpholine rings is 1. The molecule has 4 rings (SSSR count). The van der Waals surface area contributed by atoms with Gasteiger partial charge in [-0.25, -0.2) is 0 Å². The van der Waals surface area contributed by atoms with Gasteiger partial charge in [0, 0.05) is 24.5 Å². The molecule has 0 N–H and O–H groups in total. The summed E-state index contributed by atoms with van der Waals surface area (Å²) in [6.07, 6.45) is 0. The van der Waals surface area contributed by atoms with E-state index in [0.717, 1.165) is 10.8 Å². The van der Waals surface area contributed by atoms with Crippen molar-refractivity contribution in [3.63, 3.8) is 0 Å². The summed E-state index contributed by atoms with van der Waals surface area (Å²) in [5.74, 6) is -0.180. The lowest BCUT2D eigenvalue weighted by Crippen LogP contribution is -2.40. The molecule has 1 fully saturated rings. The van der Waals surface area contributed by atoms with E-state index in [-0.39, 0.29) is 17.1 Å². The predicted molar refractivity (Wildman–Crippen MR) is 86.7 cm³/mol. The minimum absolute atomic E-state index is 0.0840. The first-order valence-electron chi connectivity index (χ1n) is 7.57. The second-order valence-electron chi connectivity index (χ2n) is 5.54. The van der Waals surface area contributed by atoms with Crippen molar-refractivity contribution < 1.29 is 13.9 Å². The third kappa shape index (κ3) is 2.39. The Morgan fingerprint density at radius 1 is 1.00 bits per heavy atom. The lowest BCUT2D eigenvalue weighted by atomic mass is 10.1. The molecule has 5 heteroatoms. The molecule has 5 nitrogen and oxygen atoms in total. The van der Waals surface area contributed by atoms with Gasteiger partial charge in [-0.1, -0.05) is 30.3 Å². The zero-order chi connectivity index (χ0) is 15.8. The maximum atomic E-state index is 12.6. The molecule has 0 atom stereocenters. The Labute approximate surface area is 132 Å². The third-order valence-corrected chi connectivity index (χ3v) is 4.13. The normalized spacial score (nSPS) is 15.2. The maximum Gasteiger partial charge on any atom is 0.289 e. The zero-order valence-electron chi connectivity index (χ0n) is 12.5. The van der Waals surface area contributed by atoms with Crippen LogP contribution in [0.2, 0.25) is 0 Å². The molecule has 3 aromatic rings. The van der Waals surface area contributed by atoms with E-state index in [4.69, 9.17) is 9.15 Å². The van der Waals surface area contributed by atoms with Gasteiger partial charge < -0.3 is 14.1 Å². The molecule has 1 aromatic heterocycles. The first-order valence-corrected chi connectivity index (χ1v) is 7.57. The quantitative estimate of drug-likeness (QED) is 0.648. The summed E-state index contributed by atoms with van der Waals surface area (Å²) in [7, 11) is 0. The maximum absolute atomic E-state index is 12.6. The van der Waals surface area contributed by atoms with Crippen LogP contribution in [-0.4, -0.2) is 37.1 Å². The minimum Gasteiger partial charge on any atom is -0.450 e. The van der Waals surface area contributed by atoms with Crippen LogP contribution in [-0.2, 0) is 4.74 Å². The van der Waals surface area contributed by atoms with Crippen LogP contribution in [0, 0.1) is 0 Å². The second kappa shape index (κ2) is 5.52. The molecular weight excluding hydrogens is 294 g/mol. The van der Waals surface area contributed by atoms with Crippen molar-refractivity contribution in [1.29, 1.82) is 0 Å². The van der Waals surface area contributed by atoms with Gasteiger partial charge in [0.05, 0.1) is 18.6 Å². The van der Waals surface area contributed by atoms with E-state index in [2.05, 4.69) is 0 Å². The molecule has 2 aromatic carbocycles. The van der Waals surface area contributed by atoms with Gasteiger partial charge in [-0.2, -0.15) is 0 Å². The molecule has 2 heterocycles. The van der Waals surface area contributed by atoms with E-state index >= 15 is 0 Å². The van der Waals surface area contributed by atoms with Gasteiger partial charge in [0.1, 0.15) is 5.58 Å². The van der Waals surface area contributed by atoms with E-state index in [1.165, 1.54) is 6.07 Å². The van der Waals surface area contributed by atoms with Gasteiger partial charge in [0.2, 0.25) is 0 Å². The molecule has 1 amide bonds. The topological polar surface area (TPSA) is 59.8 Å². The van der Waals surface area contributed by atoms with Crippen LogP contribution >= 0.6 is 0 Å². The molecule has 0 aliphatic carbocycles. The van der Waals surface area contributed by atoms with Crippen LogP contribution in [0.15, 0.2) is 51.7 Å². The van der Waals surface area contributed by atoms with Crippen molar-refractivity contribution >= 4 is 27.6 Å². The molecule has 116 valence electrons. The van der Waals surface area contributed by atoms with Crippen LogP contribution in [0.4, 0.5) is 0 Å². The summed E-state index contributed by atoms with van der Waals surface area (Å²) in [5, 5.41) is 2.29. The SMILES string of the molecule is O=C(c1cc(=O)c2ccc3ccccc3c2o1)N1CCOCC1.